The Morgan fingerprint density at radius 2 is 1.79 bits per heavy atom. The Bertz CT molecular complexity index is 732. The van der Waals surface area contributed by atoms with E-state index in [4.69, 9.17) is 4.74 Å². The number of pyridine rings is 1. The standard InChI is InChI=1S/C21H26N2O4S2/c24-20(25)18(23-21(26)27-16-17-10-4-3-5-11-17)12-6-1-2-9-15-28-29-19-13-7-8-14-22-19/h3-5,7-8,10-11,13-14,18H,1-2,6,9,12,15-16H2,(H,23,26)(H,24,25)/t18-/m0/s1. The number of carbonyl (C=O) groups is 2. The molecule has 2 rings (SSSR count). The van der Waals surface area contributed by atoms with Crippen LogP contribution in [0, 0.1) is 0 Å². The molecule has 0 saturated heterocycles. The average Bonchev–Trinajstić information content (AvgIpc) is 2.74. The lowest BCUT2D eigenvalue weighted by molar-refractivity contribution is -0.139. The van der Waals surface area contributed by atoms with Crippen LogP contribution in [0.3, 0.4) is 0 Å². The van der Waals surface area contributed by atoms with E-state index in [-0.39, 0.29) is 6.61 Å². The zero-order valence-electron chi connectivity index (χ0n) is 16.2. The molecule has 0 aliphatic heterocycles. The van der Waals surface area contributed by atoms with Gasteiger partial charge in [-0.25, -0.2) is 14.6 Å². The lowest BCUT2D eigenvalue weighted by Crippen LogP contribution is -2.40. The van der Waals surface area contributed by atoms with Crippen LogP contribution in [0.25, 0.3) is 0 Å². The van der Waals surface area contributed by atoms with Gasteiger partial charge in [0.1, 0.15) is 17.7 Å². The lowest BCUT2D eigenvalue weighted by Gasteiger charge is -2.14. The summed E-state index contributed by atoms with van der Waals surface area (Å²) in [6, 6.07) is 14.2. The number of carboxylic acid groups (broad SMARTS) is 1. The Morgan fingerprint density at radius 3 is 2.52 bits per heavy atom. The summed E-state index contributed by atoms with van der Waals surface area (Å²) in [6.45, 7) is 0.118. The van der Waals surface area contributed by atoms with Gasteiger partial charge in [-0.15, -0.1) is 0 Å². The molecule has 2 N–H and O–H groups in total. The second kappa shape index (κ2) is 13.9. The molecule has 0 spiro atoms. The first kappa shape index (κ1) is 23.1. The second-order valence-electron chi connectivity index (χ2n) is 6.37. The van der Waals surface area contributed by atoms with E-state index >= 15 is 0 Å². The highest BCUT2D eigenvalue weighted by Crippen LogP contribution is 2.29. The molecule has 0 unspecified atom stereocenters. The van der Waals surface area contributed by atoms with Crippen LogP contribution >= 0.6 is 21.6 Å². The first-order chi connectivity index (χ1) is 14.1. The number of aliphatic carboxylic acids is 1. The molecule has 0 bridgehead atoms. The third kappa shape index (κ3) is 10.2. The fourth-order valence-corrected chi connectivity index (χ4v) is 4.55. The number of nitrogens with one attached hydrogen (secondary N) is 1. The maximum atomic E-state index is 11.8. The third-order valence-electron chi connectivity index (χ3n) is 4.06. The molecule has 1 aromatic carbocycles. The van der Waals surface area contributed by atoms with Gasteiger partial charge in [-0.3, -0.25) is 0 Å². The summed E-state index contributed by atoms with van der Waals surface area (Å²) in [7, 11) is 3.44. The Labute approximate surface area is 179 Å². The van der Waals surface area contributed by atoms with Gasteiger partial charge in [0.15, 0.2) is 0 Å². The van der Waals surface area contributed by atoms with Crippen molar-refractivity contribution >= 4 is 33.7 Å². The summed E-state index contributed by atoms with van der Waals surface area (Å²) in [4.78, 5) is 27.5. The number of unbranched alkanes of at least 4 members (excludes halogenated alkanes) is 3. The van der Waals surface area contributed by atoms with Gasteiger partial charge in [-0.2, -0.15) is 0 Å². The van der Waals surface area contributed by atoms with Crippen molar-refractivity contribution in [2.24, 2.45) is 0 Å². The monoisotopic (exact) mass is 434 g/mol. The van der Waals surface area contributed by atoms with Crippen LogP contribution in [-0.2, 0) is 16.1 Å². The molecule has 2 aromatic rings. The molecule has 6 nitrogen and oxygen atoms in total. The topological polar surface area (TPSA) is 88.5 Å². The molecule has 29 heavy (non-hydrogen) atoms. The van der Waals surface area contributed by atoms with Crippen LogP contribution < -0.4 is 5.32 Å². The molecule has 0 aliphatic rings. The Morgan fingerprint density at radius 1 is 1.03 bits per heavy atom. The molecule has 0 saturated carbocycles. The minimum Gasteiger partial charge on any atom is -0.480 e. The number of rotatable bonds is 13. The molecule has 1 atom stereocenters. The molecule has 1 heterocycles. The maximum Gasteiger partial charge on any atom is 0.408 e. The minimum atomic E-state index is -1.04. The molecule has 1 aromatic heterocycles. The average molecular weight is 435 g/mol. The van der Waals surface area contributed by atoms with E-state index in [9.17, 15) is 14.7 Å². The number of hydrogen-bond acceptors (Lipinski definition) is 6. The van der Waals surface area contributed by atoms with E-state index in [2.05, 4.69) is 10.3 Å². The van der Waals surface area contributed by atoms with Crippen molar-refractivity contribution in [3.8, 4) is 0 Å². The van der Waals surface area contributed by atoms with E-state index in [1.807, 2.05) is 48.5 Å². The van der Waals surface area contributed by atoms with Crippen LogP contribution in [0.4, 0.5) is 4.79 Å². The van der Waals surface area contributed by atoms with Crippen molar-refractivity contribution in [1.82, 2.24) is 10.3 Å². The summed E-state index contributed by atoms with van der Waals surface area (Å²) < 4.78 is 5.09. The third-order valence-corrected chi connectivity index (χ3v) is 6.41. The number of ether oxygens (including phenoxy) is 1. The van der Waals surface area contributed by atoms with E-state index in [1.165, 1.54) is 0 Å². The molecule has 8 heteroatoms. The number of aromatic nitrogens is 1. The predicted octanol–water partition coefficient (Wildman–Crippen LogP) is 5.15. The SMILES string of the molecule is O=C(N[C@@H](CCCCCCSSc1ccccn1)C(=O)O)OCc1ccccc1. The zero-order valence-corrected chi connectivity index (χ0v) is 17.8. The number of amides is 1. The van der Waals surface area contributed by atoms with Crippen molar-refractivity contribution in [3.63, 3.8) is 0 Å². The van der Waals surface area contributed by atoms with Crippen LogP contribution in [0.5, 0.6) is 0 Å². The largest absolute Gasteiger partial charge is 0.480 e. The van der Waals surface area contributed by atoms with Gasteiger partial charge < -0.3 is 15.2 Å². The van der Waals surface area contributed by atoms with Gasteiger partial charge in [0, 0.05) is 11.9 Å². The van der Waals surface area contributed by atoms with E-state index < -0.39 is 18.1 Å². The van der Waals surface area contributed by atoms with Crippen LogP contribution in [0.2, 0.25) is 0 Å². The van der Waals surface area contributed by atoms with Gasteiger partial charge in [0.05, 0.1) is 0 Å². The van der Waals surface area contributed by atoms with Crippen molar-refractivity contribution in [1.29, 1.82) is 0 Å². The zero-order chi connectivity index (χ0) is 20.7. The van der Waals surface area contributed by atoms with Crippen LogP contribution in [-0.4, -0.2) is 33.9 Å². The highest BCUT2D eigenvalue weighted by molar-refractivity contribution is 8.76. The Hall–Kier alpha value is -2.19. The molecule has 0 fully saturated rings. The van der Waals surface area contributed by atoms with Crippen LogP contribution in [0.1, 0.15) is 37.7 Å². The summed E-state index contributed by atoms with van der Waals surface area (Å²) in [5.74, 6) is -0.0165. The fourth-order valence-electron chi connectivity index (χ4n) is 2.53. The first-order valence-corrected chi connectivity index (χ1v) is 11.9. The first-order valence-electron chi connectivity index (χ1n) is 9.55. The van der Waals surface area contributed by atoms with Gasteiger partial charge in [0.25, 0.3) is 0 Å². The molecule has 156 valence electrons. The lowest BCUT2D eigenvalue weighted by atomic mass is 10.1. The van der Waals surface area contributed by atoms with Gasteiger partial charge in [-0.05, 0) is 41.3 Å². The fraction of sp³-hybridized carbons (Fsp3) is 0.381. The summed E-state index contributed by atoms with van der Waals surface area (Å²) >= 11 is 0. The number of carbonyl (C=O) groups excluding carboxylic acids is 1. The normalized spacial score (nSPS) is 11.6. The molecular formula is C21H26N2O4S2. The number of benzene rings is 1. The highest BCUT2D eigenvalue weighted by Gasteiger charge is 2.20. The van der Waals surface area contributed by atoms with Crippen molar-refractivity contribution in [3.05, 3.63) is 60.3 Å². The molecular weight excluding hydrogens is 408 g/mol. The maximum absolute atomic E-state index is 11.8. The van der Waals surface area contributed by atoms with E-state index in [1.54, 1.807) is 27.8 Å². The Kier molecular flexibility index (Phi) is 11.1. The minimum absolute atomic E-state index is 0.118. The van der Waals surface area contributed by atoms with Crippen LogP contribution in [0.15, 0.2) is 59.8 Å². The number of carboxylic acids is 1. The highest BCUT2D eigenvalue weighted by atomic mass is 33.1. The molecule has 0 radical (unpaired) electrons. The van der Waals surface area contributed by atoms with Gasteiger partial charge >= 0.3 is 12.1 Å². The molecule has 0 aliphatic carbocycles. The number of alkyl carbamates (subject to hydrolysis) is 1. The second-order valence-corrected chi connectivity index (χ2v) is 8.81. The summed E-state index contributed by atoms with van der Waals surface area (Å²) in [5.41, 5.74) is 0.855. The quantitative estimate of drug-likeness (QED) is 0.333. The van der Waals surface area contributed by atoms with E-state index in [0.29, 0.717) is 6.42 Å². The van der Waals surface area contributed by atoms with Crippen molar-refractivity contribution in [2.45, 2.75) is 49.8 Å². The Balaban J connectivity index is 1.54. The molecule has 1 amide bonds. The van der Waals surface area contributed by atoms with Gasteiger partial charge in [0.2, 0.25) is 0 Å². The number of nitrogens with zero attached hydrogens (tertiary/aromatic N) is 1. The van der Waals surface area contributed by atoms with Crippen molar-refractivity contribution in [2.75, 3.05) is 5.75 Å². The summed E-state index contributed by atoms with van der Waals surface area (Å²) in [5, 5.41) is 12.8. The summed E-state index contributed by atoms with van der Waals surface area (Å²) in [6.07, 6.45) is 5.24. The van der Waals surface area contributed by atoms with Gasteiger partial charge in [-0.1, -0.05) is 66.5 Å². The number of hydrogen-bond donors (Lipinski definition) is 2. The smallest absolute Gasteiger partial charge is 0.408 e. The predicted molar refractivity (Wildman–Crippen MR) is 117 cm³/mol. The van der Waals surface area contributed by atoms with Crippen molar-refractivity contribution < 1.29 is 19.4 Å². The van der Waals surface area contributed by atoms with E-state index in [0.717, 1.165) is 42.0 Å².